The summed E-state index contributed by atoms with van der Waals surface area (Å²) in [5.74, 6) is 0.907. The zero-order valence-corrected chi connectivity index (χ0v) is 17.9. The summed E-state index contributed by atoms with van der Waals surface area (Å²) in [6.07, 6.45) is 3.04. The van der Waals surface area contributed by atoms with Gasteiger partial charge in [-0.2, -0.15) is 0 Å². The van der Waals surface area contributed by atoms with Gasteiger partial charge in [0.05, 0.1) is 17.1 Å². The normalized spacial score (nSPS) is 17.7. The van der Waals surface area contributed by atoms with E-state index in [0.29, 0.717) is 0 Å². The first kappa shape index (κ1) is 19.9. The number of piperazine rings is 1. The van der Waals surface area contributed by atoms with Crippen LogP contribution in [0.1, 0.15) is 51.5 Å². The maximum absolute atomic E-state index is 4.50. The van der Waals surface area contributed by atoms with Crippen LogP contribution < -0.4 is 0 Å². The lowest BCUT2D eigenvalue weighted by atomic mass is 9.99. The SMILES string of the molecule is CCCN1CCN([C@@H](c2ccc3ncccc3c2)c2nnnn2C(C)(C)C)CC1. The summed E-state index contributed by atoms with van der Waals surface area (Å²) in [6.45, 7) is 14.0. The third-order valence-electron chi connectivity index (χ3n) is 5.63. The molecule has 1 aliphatic heterocycles. The third kappa shape index (κ3) is 4.16. The molecule has 154 valence electrons. The smallest absolute Gasteiger partial charge is 0.173 e. The Kier molecular flexibility index (Phi) is 5.61. The van der Waals surface area contributed by atoms with Crippen molar-refractivity contribution in [1.82, 2.24) is 35.0 Å². The first-order valence-corrected chi connectivity index (χ1v) is 10.6. The Morgan fingerprint density at radius 3 is 2.59 bits per heavy atom. The van der Waals surface area contributed by atoms with E-state index in [0.717, 1.165) is 42.9 Å². The van der Waals surface area contributed by atoms with E-state index in [1.54, 1.807) is 0 Å². The fourth-order valence-electron chi connectivity index (χ4n) is 4.19. The van der Waals surface area contributed by atoms with Crippen molar-refractivity contribution in [3.8, 4) is 0 Å². The summed E-state index contributed by atoms with van der Waals surface area (Å²) < 4.78 is 1.98. The molecule has 0 amide bonds. The molecule has 1 atom stereocenters. The molecule has 3 heterocycles. The van der Waals surface area contributed by atoms with E-state index in [-0.39, 0.29) is 11.6 Å². The Hall–Kier alpha value is -2.38. The molecule has 2 aromatic heterocycles. The largest absolute Gasteiger partial charge is 0.301 e. The fraction of sp³-hybridized carbons (Fsp3) is 0.545. The van der Waals surface area contributed by atoms with Crippen molar-refractivity contribution < 1.29 is 0 Å². The second-order valence-corrected chi connectivity index (χ2v) is 8.86. The first-order chi connectivity index (χ1) is 14.0. The fourth-order valence-corrected chi connectivity index (χ4v) is 4.19. The summed E-state index contributed by atoms with van der Waals surface area (Å²) in [5, 5.41) is 14.0. The minimum Gasteiger partial charge on any atom is -0.301 e. The molecule has 7 nitrogen and oxygen atoms in total. The van der Waals surface area contributed by atoms with Gasteiger partial charge in [0.25, 0.3) is 0 Å². The maximum atomic E-state index is 4.50. The highest BCUT2D eigenvalue weighted by atomic mass is 15.6. The van der Waals surface area contributed by atoms with Crippen molar-refractivity contribution in [2.24, 2.45) is 0 Å². The van der Waals surface area contributed by atoms with Crippen LogP contribution in [0, 0.1) is 0 Å². The van der Waals surface area contributed by atoms with Crippen molar-refractivity contribution in [3.63, 3.8) is 0 Å². The van der Waals surface area contributed by atoms with Gasteiger partial charge in [0.1, 0.15) is 0 Å². The van der Waals surface area contributed by atoms with Gasteiger partial charge in [-0.15, -0.1) is 5.10 Å². The number of nitrogens with zero attached hydrogens (tertiary/aromatic N) is 7. The van der Waals surface area contributed by atoms with Crippen molar-refractivity contribution in [1.29, 1.82) is 0 Å². The molecule has 1 aliphatic rings. The molecule has 1 saturated heterocycles. The average Bonchev–Trinajstić information content (AvgIpc) is 3.20. The summed E-state index contributed by atoms with van der Waals surface area (Å²) in [5.41, 5.74) is 2.05. The predicted molar refractivity (Wildman–Crippen MR) is 115 cm³/mol. The Labute approximate surface area is 172 Å². The summed E-state index contributed by atoms with van der Waals surface area (Å²) >= 11 is 0. The van der Waals surface area contributed by atoms with Gasteiger partial charge < -0.3 is 4.90 Å². The maximum Gasteiger partial charge on any atom is 0.173 e. The highest BCUT2D eigenvalue weighted by Gasteiger charge is 2.33. The Morgan fingerprint density at radius 1 is 1.07 bits per heavy atom. The van der Waals surface area contributed by atoms with Crippen LogP contribution in [0.2, 0.25) is 0 Å². The topological polar surface area (TPSA) is 63.0 Å². The van der Waals surface area contributed by atoms with E-state index in [9.17, 15) is 0 Å². The van der Waals surface area contributed by atoms with Gasteiger partial charge in [0.2, 0.25) is 0 Å². The molecular weight excluding hydrogens is 362 g/mol. The number of hydrogen-bond donors (Lipinski definition) is 0. The molecule has 0 spiro atoms. The number of aromatic nitrogens is 5. The summed E-state index contributed by atoms with van der Waals surface area (Å²) in [4.78, 5) is 9.55. The van der Waals surface area contributed by atoms with E-state index in [1.165, 1.54) is 18.5 Å². The minimum atomic E-state index is -0.181. The molecule has 0 saturated carbocycles. The zero-order chi connectivity index (χ0) is 20.4. The van der Waals surface area contributed by atoms with Gasteiger partial charge in [-0.25, -0.2) is 4.68 Å². The first-order valence-electron chi connectivity index (χ1n) is 10.6. The van der Waals surface area contributed by atoms with Gasteiger partial charge in [0.15, 0.2) is 5.82 Å². The highest BCUT2D eigenvalue weighted by molar-refractivity contribution is 5.79. The van der Waals surface area contributed by atoms with E-state index in [2.05, 4.69) is 82.3 Å². The number of benzene rings is 1. The van der Waals surface area contributed by atoms with Gasteiger partial charge in [-0.05, 0) is 67.9 Å². The Balaban J connectivity index is 1.74. The molecule has 0 unspecified atom stereocenters. The van der Waals surface area contributed by atoms with E-state index in [4.69, 9.17) is 0 Å². The molecule has 7 heteroatoms. The Morgan fingerprint density at radius 2 is 1.86 bits per heavy atom. The lowest BCUT2D eigenvalue weighted by molar-refractivity contribution is 0.102. The average molecular weight is 394 g/mol. The van der Waals surface area contributed by atoms with Crippen LogP contribution in [0.3, 0.4) is 0 Å². The van der Waals surface area contributed by atoms with Crippen molar-refractivity contribution >= 4 is 10.9 Å². The molecule has 0 radical (unpaired) electrons. The van der Waals surface area contributed by atoms with Gasteiger partial charge in [-0.1, -0.05) is 19.1 Å². The number of hydrogen-bond acceptors (Lipinski definition) is 6. The van der Waals surface area contributed by atoms with Crippen molar-refractivity contribution in [2.75, 3.05) is 32.7 Å². The van der Waals surface area contributed by atoms with Crippen LogP contribution in [0.4, 0.5) is 0 Å². The van der Waals surface area contributed by atoms with Crippen LogP contribution in [-0.4, -0.2) is 67.7 Å². The molecule has 1 fully saturated rings. The standard InChI is InChI=1S/C22H31N7/c1-5-11-27-12-14-28(15-13-27)20(21-24-25-26-29(21)22(2,3)4)18-8-9-19-17(16-18)7-6-10-23-19/h6-10,16,20H,5,11-15H2,1-4H3/t20-/m0/s1. The second-order valence-electron chi connectivity index (χ2n) is 8.86. The van der Waals surface area contributed by atoms with Crippen LogP contribution in [0.5, 0.6) is 0 Å². The predicted octanol–water partition coefficient (Wildman–Crippen LogP) is 3.09. The molecule has 4 rings (SSSR count). The number of tetrazole rings is 1. The van der Waals surface area contributed by atoms with Crippen molar-refractivity contribution in [3.05, 3.63) is 47.9 Å². The number of rotatable bonds is 5. The quantitative estimate of drug-likeness (QED) is 0.664. The van der Waals surface area contributed by atoms with E-state index < -0.39 is 0 Å². The van der Waals surface area contributed by atoms with E-state index in [1.807, 2.05) is 16.9 Å². The third-order valence-corrected chi connectivity index (χ3v) is 5.63. The minimum absolute atomic E-state index is 0.0256. The zero-order valence-electron chi connectivity index (χ0n) is 17.9. The molecule has 0 aliphatic carbocycles. The Bertz CT molecular complexity index is 951. The number of pyridine rings is 1. The summed E-state index contributed by atoms with van der Waals surface area (Å²) in [6, 6.07) is 10.7. The van der Waals surface area contributed by atoms with Crippen LogP contribution >= 0.6 is 0 Å². The van der Waals surface area contributed by atoms with Crippen molar-refractivity contribution in [2.45, 2.75) is 45.7 Å². The van der Waals surface area contributed by atoms with Crippen LogP contribution in [-0.2, 0) is 5.54 Å². The van der Waals surface area contributed by atoms with E-state index >= 15 is 0 Å². The highest BCUT2D eigenvalue weighted by Crippen LogP contribution is 2.32. The lowest BCUT2D eigenvalue weighted by Crippen LogP contribution is -2.48. The van der Waals surface area contributed by atoms with Gasteiger partial charge in [-0.3, -0.25) is 9.88 Å². The van der Waals surface area contributed by atoms with Gasteiger partial charge in [0, 0.05) is 37.8 Å². The van der Waals surface area contributed by atoms with Gasteiger partial charge >= 0.3 is 0 Å². The molecule has 29 heavy (non-hydrogen) atoms. The summed E-state index contributed by atoms with van der Waals surface area (Å²) in [7, 11) is 0. The molecule has 3 aromatic rings. The molecular formula is C22H31N7. The van der Waals surface area contributed by atoms with Crippen LogP contribution in [0.25, 0.3) is 10.9 Å². The monoisotopic (exact) mass is 393 g/mol. The molecule has 1 aromatic carbocycles. The van der Waals surface area contributed by atoms with Crippen LogP contribution in [0.15, 0.2) is 36.5 Å². The molecule has 0 N–H and O–H groups in total. The molecule has 0 bridgehead atoms. The number of fused-ring (bicyclic) bond motifs is 1. The lowest BCUT2D eigenvalue weighted by Gasteiger charge is -2.39. The second kappa shape index (κ2) is 8.16.